The van der Waals surface area contributed by atoms with Crippen molar-refractivity contribution < 1.29 is 24.6 Å². The Hall–Kier alpha value is -3.26. The number of carbonyl (C=O) groups is 3. The second kappa shape index (κ2) is 10.7. The number of amides is 2. The Balaban J connectivity index is 1.71. The van der Waals surface area contributed by atoms with Gasteiger partial charge in [0.1, 0.15) is 17.8 Å². The van der Waals surface area contributed by atoms with E-state index in [4.69, 9.17) is 0 Å². The van der Waals surface area contributed by atoms with Crippen molar-refractivity contribution in [3.05, 3.63) is 77.2 Å². The fraction of sp³-hybridized carbons (Fsp3) is 0.261. The molecule has 2 amide bonds. The molecule has 0 saturated heterocycles. The van der Waals surface area contributed by atoms with Crippen LogP contribution in [0.5, 0.6) is 5.75 Å². The number of phenols is 1. The van der Waals surface area contributed by atoms with Crippen LogP contribution in [0.3, 0.4) is 0 Å². The molecule has 7 nitrogen and oxygen atoms in total. The number of aliphatic carboxylic acids is 1. The molecule has 1 aliphatic rings. The molecule has 3 atom stereocenters. The van der Waals surface area contributed by atoms with Crippen molar-refractivity contribution in [1.82, 2.24) is 10.6 Å². The normalized spacial score (nSPS) is 17.0. The van der Waals surface area contributed by atoms with Crippen molar-refractivity contribution in [2.75, 3.05) is 0 Å². The number of aromatic hydroxyl groups is 1. The van der Waals surface area contributed by atoms with Gasteiger partial charge < -0.3 is 20.8 Å². The van der Waals surface area contributed by atoms with Gasteiger partial charge in [-0.25, -0.2) is 4.79 Å². The molecule has 0 saturated carbocycles. The summed E-state index contributed by atoms with van der Waals surface area (Å²) in [5.41, 5.74) is 1.09. The monoisotopic (exact) mass is 440 g/mol. The zero-order valence-corrected chi connectivity index (χ0v) is 17.5. The zero-order valence-electron chi connectivity index (χ0n) is 16.7. The van der Waals surface area contributed by atoms with E-state index in [0.29, 0.717) is 17.5 Å². The van der Waals surface area contributed by atoms with E-state index in [1.165, 1.54) is 12.1 Å². The van der Waals surface area contributed by atoms with E-state index in [9.17, 15) is 24.6 Å². The summed E-state index contributed by atoms with van der Waals surface area (Å²) in [6.45, 7) is 0. The highest BCUT2D eigenvalue weighted by Gasteiger charge is 2.29. The first-order valence-electron chi connectivity index (χ1n) is 9.90. The molecule has 0 spiro atoms. The summed E-state index contributed by atoms with van der Waals surface area (Å²) < 4.78 is 0. The van der Waals surface area contributed by atoms with Crippen molar-refractivity contribution in [3.8, 4) is 5.75 Å². The molecule has 31 heavy (non-hydrogen) atoms. The van der Waals surface area contributed by atoms with E-state index >= 15 is 0 Å². The van der Waals surface area contributed by atoms with Crippen LogP contribution in [-0.2, 0) is 16.0 Å². The van der Waals surface area contributed by atoms with Crippen molar-refractivity contribution in [2.24, 2.45) is 0 Å². The maximum absolute atomic E-state index is 13.0. The molecule has 3 rings (SSSR count). The first kappa shape index (κ1) is 22.4. The van der Waals surface area contributed by atoms with Crippen molar-refractivity contribution in [1.29, 1.82) is 0 Å². The van der Waals surface area contributed by atoms with Crippen LogP contribution in [0, 0.1) is 0 Å². The minimum atomic E-state index is -1.17. The van der Waals surface area contributed by atoms with Crippen molar-refractivity contribution in [2.45, 2.75) is 36.6 Å². The fourth-order valence-corrected chi connectivity index (χ4v) is 4.22. The Labute approximate surface area is 184 Å². The molecule has 162 valence electrons. The van der Waals surface area contributed by atoms with Crippen molar-refractivity contribution >= 4 is 29.5 Å². The van der Waals surface area contributed by atoms with Gasteiger partial charge in [0.25, 0.3) is 5.91 Å². The van der Waals surface area contributed by atoms with Gasteiger partial charge in [-0.1, -0.05) is 36.4 Å². The molecule has 8 heteroatoms. The van der Waals surface area contributed by atoms with E-state index in [2.05, 4.69) is 10.6 Å². The molecule has 0 aromatic heterocycles. The number of thioether (sulfide) groups is 1. The third kappa shape index (κ3) is 6.62. The van der Waals surface area contributed by atoms with Crippen LogP contribution >= 0.6 is 11.8 Å². The summed E-state index contributed by atoms with van der Waals surface area (Å²) in [5.74, 6) is -2.03. The van der Waals surface area contributed by atoms with Gasteiger partial charge in [-0.15, -0.1) is 11.8 Å². The van der Waals surface area contributed by atoms with Crippen molar-refractivity contribution in [3.63, 3.8) is 0 Å². The third-order valence-corrected chi connectivity index (χ3v) is 6.03. The van der Waals surface area contributed by atoms with E-state index in [0.717, 1.165) is 6.42 Å². The lowest BCUT2D eigenvalue weighted by molar-refractivity contribution is -0.142. The molecular weight excluding hydrogens is 416 g/mol. The minimum absolute atomic E-state index is 0.0560. The lowest BCUT2D eigenvalue weighted by atomic mass is 10.0. The van der Waals surface area contributed by atoms with Gasteiger partial charge in [-0.05, 0) is 48.1 Å². The molecule has 2 aromatic rings. The molecule has 0 bridgehead atoms. The molecular formula is C23H24N2O5S. The summed E-state index contributed by atoms with van der Waals surface area (Å²) in [6.07, 6.45) is 3.23. The summed E-state index contributed by atoms with van der Waals surface area (Å²) in [4.78, 5) is 37.4. The number of benzene rings is 2. The number of carboxylic acids is 1. The Kier molecular flexibility index (Phi) is 7.72. The number of phenolic OH excluding ortho intramolecular Hbond substituents is 1. The average Bonchev–Trinajstić information content (AvgIpc) is 3.28. The maximum atomic E-state index is 13.0. The number of rotatable bonds is 9. The highest BCUT2D eigenvalue weighted by atomic mass is 32.2. The Bertz CT molecular complexity index is 938. The number of nitrogens with one attached hydrogen (secondary N) is 2. The summed E-state index contributed by atoms with van der Waals surface area (Å²) in [5, 5.41) is 26.4. The van der Waals surface area contributed by atoms with Crippen LogP contribution in [-0.4, -0.2) is 45.3 Å². The quantitative estimate of drug-likeness (QED) is 0.477. The van der Waals surface area contributed by atoms with Crippen LogP contribution in [0.2, 0.25) is 0 Å². The molecule has 0 radical (unpaired) electrons. The Morgan fingerprint density at radius 1 is 1.00 bits per heavy atom. The molecule has 0 aliphatic carbocycles. The predicted molar refractivity (Wildman–Crippen MR) is 119 cm³/mol. The van der Waals surface area contributed by atoms with Crippen LogP contribution < -0.4 is 10.6 Å². The average molecular weight is 441 g/mol. The number of hydrogen-bond donors (Lipinski definition) is 4. The topological polar surface area (TPSA) is 116 Å². The van der Waals surface area contributed by atoms with Gasteiger partial charge in [-0.3, -0.25) is 9.59 Å². The van der Waals surface area contributed by atoms with E-state index in [1.54, 1.807) is 54.2 Å². The second-order valence-electron chi connectivity index (χ2n) is 7.26. The number of hydrogen-bond acceptors (Lipinski definition) is 5. The van der Waals surface area contributed by atoms with E-state index < -0.39 is 24.0 Å². The smallest absolute Gasteiger partial charge is 0.326 e. The van der Waals surface area contributed by atoms with Gasteiger partial charge in [0.15, 0.2) is 0 Å². The number of carboxylic acid groups (broad SMARTS) is 1. The molecule has 1 heterocycles. The van der Waals surface area contributed by atoms with Crippen LogP contribution in [0.4, 0.5) is 0 Å². The molecule has 2 aromatic carbocycles. The van der Waals surface area contributed by atoms with Crippen LogP contribution in [0.1, 0.15) is 28.8 Å². The van der Waals surface area contributed by atoms with Crippen LogP contribution in [0.25, 0.3) is 0 Å². The van der Waals surface area contributed by atoms with Gasteiger partial charge in [-0.2, -0.15) is 0 Å². The predicted octanol–water partition coefficient (Wildman–Crippen LogP) is 2.71. The van der Waals surface area contributed by atoms with Gasteiger partial charge in [0, 0.05) is 17.2 Å². The molecule has 0 fully saturated rings. The maximum Gasteiger partial charge on any atom is 0.326 e. The van der Waals surface area contributed by atoms with E-state index in [1.807, 2.05) is 11.5 Å². The first-order valence-corrected chi connectivity index (χ1v) is 10.8. The van der Waals surface area contributed by atoms with E-state index in [-0.39, 0.29) is 23.3 Å². The highest BCUT2D eigenvalue weighted by Crippen LogP contribution is 2.28. The minimum Gasteiger partial charge on any atom is -0.508 e. The third-order valence-electron chi connectivity index (χ3n) is 4.91. The zero-order chi connectivity index (χ0) is 22.2. The van der Waals surface area contributed by atoms with Gasteiger partial charge >= 0.3 is 5.97 Å². The summed E-state index contributed by atoms with van der Waals surface area (Å²) in [7, 11) is 0. The van der Waals surface area contributed by atoms with Crippen LogP contribution in [0.15, 0.2) is 66.1 Å². The van der Waals surface area contributed by atoms with Gasteiger partial charge in [0.2, 0.25) is 5.91 Å². The molecule has 1 unspecified atom stereocenters. The summed E-state index contributed by atoms with van der Waals surface area (Å²) >= 11 is 1.59. The fourth-order valence-electron chi connectivity index (χ4n) is 3.25. The SMILES string of the molecule is O=C(N[C@@H](CC1CC=CS1)C(=O)N[C@@H](Cc1ccc(O)cc1)C(=O)O)c1ccccc1. The lowest BCUT2D eigenvalue weighted by Gasteiger charge is -2.23. The second-order valence-corrected chi connectivity index (χ2v) is 8.47. The number of allylic oxidation sites excluding steroid dienone is 1. The first-order chi connectivity index (χ1) is 14.9. The lowest BCUT2D eigenvalue weighted by Crippen LogP contribution is -2.53. The molecule has 4 N–H and O–H groups in total. The molecule has 1 aliphatic heterocycles. The Morgan fingerprint density at radius 3 is 2.32 bits per heavy atom. The van der Waals surface area contributed by atoms with Gasteiger partial charge in [0.05, 0.1) is 0 Å². The Morgan fingerprint density at radius 2 is 1.71 bits per heavy atom. The number of carbonyl (C=O) groups excluding carboxylic acids is 2. The summed E-state index contributed by atoms with van der Waals surface area (Å²) in [6, 6.07) is 12.7. The largest absolute Gasteiger partial charge is 0.508 e. The standard InChI is InChI=1S/C23H24N2O5S/c26-17-10-8-15(9-11-17)13-20(23(29)30)25-22(28)19(14-18-7-4-12-31-18)24-21(27)16-5-2-1-3-6-16/h1-6,8-12,18-20,26H,7,13-14H2,(H,24,27)(H,25,28)(H,29,30)/t18?,19-,20-/m0/s1. The highest BCUT2D eigenvalue weighted by molar-refractivity contribution is 8.03.